The lowest BCUT2D eigenvalue weighted by molar-refractivity contribution is -0.00415. The fraction of sp³-hybridized carbons (Fsp3) is 0.571. The van der Waals surface area contributed by atoms with Crippen molar-refractivity contribution in [2.75, 3.05) is 26.3 Å². The molecule has 8 heteroatoms. The highest BCUT2D eigenvalue weighted by Crippen LogP contribution is 2.32. The van der Waals surface area contributed by atoms with E-state index in [4.69, 9.17) is 9.15 Å². The minimum absolute atomic E-state index is 0.0637. The van der Waals surface area contributed by atoms with Crippen molar-refractivity contribution in [2.45, 2.75) is 12.8 Å². The molecule has 0 atom stereocenters. The first-order chi connectivity index (χ1) is 10.8. The van der Waals surface area contributed by atoms with Gasteiger partial charge in [0.1, 0.15) is 4.88 Å². The number of rotatable bonds is 3. The molecule has 2 aromatic heterocycles. The Kier molecular flexibility index (Phi) is 3.63. The van der Waals surface area contributed by atoms with E-state index in [1.54, 1.807) is 17.2 Å². The van der Waals surface area contributed by atoms with Crippen molar-refractivity contribution >= 4 is 17.4 Å². The van der Waals surface area contributed by atoms with Gasteiger partial charge in [-0.05, 0) is 42.3 Å². The number of hydrogen-bond donors (Lipinski definition) is 0. The Morgan fingerprint density at radius 3 is 2.77 bits per heavy atom. The molecule has 0 aliphatic carbocycles. The highest BCUT2D eigenvalue weighted by molar-refractivity contribution is 7.09. The van der Waals surface area contributed by atoms with E-state index in [2.05, 4.69) is 14.6 Å². The van der Waals surface area contributed by atoms with Crippen LogP contribution in [0.15, 0.2) is 16.7 Å². The molecule has 7 nitrogen and oxygen atoms in total. The molecule has 0 bridgehead atoms. The van der Waals surface area contributed by atoms with E-state index in [1.807, 2.05) is 0 Å². The molecule has 4 heterocycles. The molecule has 0 spiro atoms. The molecule has 4 rings (SSSR count). The van der Waals surface area contributed by atoms with Crippen LogP contribution in [0.25, 0.3) is 10.8 Å². The third kappa shape index (κ3) is 2.52. The second kappa shape index (κ2) is 5.77. The summed E-state index contributed by atoms with van der Waals surface area (Å²) < 4.78 is 14.8. The number of carbonyl (C=O) groups excluding carboxylic acids is 1. The van der Waals surface area contributed by atoms with Crippen LogP contribution >= 0.6 is 11.5 Å². The molecule has 0 saturated carbocycles. The second-order valence-electron chi connectivity index (χ2n) is 5.71. The third-order valence-corrected chi connectivity index (χ3v) is 5.12. The van der Waals surface area contributed by atoms with Gasteiger partial charge in [0.25, 0.3) is 5.89 Å². The lowest BCUT2D eigenvalue weighted by Crippen LogP contribution is -2.53. The van der Waals surface area contributed by atoms with E-state index in [-0.39, 0.29) is 11.8 Å². The van der Waals surface area contributed by atoms with Crippen molar-refractivity contribution < 1.29 is 13.9 Å². The van der Waals surface area contributed by atoms with Crippen molar-refractivity contribution in [1.82, 2.24) is 19.5 Å². The zero-order chi connectivity index (χ0) is 14.9. The Morgan fingerprint density at radius 1 is 1.23 bits per heavy atom. The highest BCUT2D eigenvalue weighted by atomic mass is 32.1. The number of ether oxygens (including phenoxy) is 1. The van der Waals surface area contributed by atoms with Gasteiger partial charge < -0.3 is 14.1 Å². The maximum atomic E-state index is 12.3. The molecule has 0 radical (unpaired) electrons. The molecule has 2 aliphatic heterocycles. The SMILES string of the molecule is O=C(c1nnc(-c2ccns2)o1)N1CC(C2CCOCC2)C1. The molecule has 2 aromatic rings. The lowest BCUT2D eigenvalue weighted by atomic mass is 9.81. The summed E-state index contributed by atoms with van der Waals surface area (Å²) in [6, 6.07) is 1.79. The topological polar surface area (TPSA) is 81.3 Å². The summed E-state index contributed by atoms with van der Waals surface area (Å²) in [6.07, 6.45) is 3.87. The van der Waals surface area contributed by atoms with Gasteiger partial charge in [-0.1, -0.05) is 0 Å². The molecule has 22 heavy (non-hydrogen) atoms. The summed E-state index contributed by atoms with van der Waals surface area (Å²) in [7, 11) is 0. The van der Waals surface area contributed by atoms with Gasteiger partial charge in [0, 0.05) is 32.5 Å². The molecule has 0 unspecified atom stereocenters. The fourth-order valence-corrected chi connectivity index (χ4v) is 3.55. The first kappa shape index (κ1) is 13.8. The minimum atomic E-state index is -0.174. The van der Waals surface area contributed by atoms with E-state index in [1.165, 1.54) is 11.5 Å². The Bertz CT molecular complexity index is 645. The van der Waals surface area contributed by atoms with Crippen LogP contribution in [0.2, 0.25) is 0 Å². The maximum absolute atomic E-state index is 12.3. The average Bonchev–Trinajstić information content (AvgIpc) is 3.18. The summed E-state index contributed by atoms with van der Waals surface area (Å²) >= 11 is 1.27. The standard InChI is InChI=1S/C14H16N4O3S/c19-14(13-17-16-12(21-13)11-1-4-15-22-11)18-7-10(8-18)9-2-5-20-6-3-9/h1,4,9-10H,2-3,5-8H2. The van der Waals surface area contributed by atoms with Crippen molar-refractivity contribution in [3.05, 3.63) is 18.2 Å². The summed E-state index contributed by atoms with van der Waals surface area (Å²) in [6.45, 7) is 3.25. The lowest BCUT2D eigenvalue weighted by Gasteiger charge is -2.43. The molecule has 2 saturated heterocycles. The minimum Gasteiger partial charge on any atom is -0.411 e. The molecule has 116 valence electrons. The summed E-state index contributed by atoms with van der Waals surface area (Å²) in [4.78, 5) is 14.9. The Morgan fingerprint density at radius 2 is 2.05 bits per heavy atom. The molecule has 1 amide bonds. The van der Waals surface area contributed by atoms with Crippen LogP contribution in [-0.4, -0.2) is 51.7 Å². The number of aromatic nitrogens is 3. The Hall–Kier alpha value is -1.80. The summed E-state index contributed by atoms with van der Waals surface area (Å²) in [5, 5.41) is 7.78. The van der Waals surface area contributed by atoms with Crippen LogP contribution < -0.4 is 0 Å². The highest BCUT2D eigenvalue weighted by Gasteiger charge is 2.38. The molecular weight excluding hydrogens is 304 g/mol. The van der Waals surface area contributed by atoms with Crippen molar-refractivity contribution in [2.24, 2.45) is 11.8 Å². The second-order valence-corrected chi connectivity index (χ2v) is 6.54. The van der Waals surface area contributed by atoms with E-state index in [0.717, 1.165) is 44.0 Å². The van der Waals surface area contributed by atoms with Crippen LogP contribution in [0.1, 0.15) is 23.5 Å². The van der Waals surface area contributed by atoms with Gasteiger partial charge in [-0.2, -0.15) is 0 Å². The normalized spacial score (nSPS) is 20.1. The zero-order valence-electron chi connectivity index (χ0n) is 12.0. The fourth-order valence-electron chi connectivity index (χ4n) is 3.03. The van der Waals surface area contributed by atoms with Crippen LogP contribution in [0.3, 0.4) is 0 Å². The van der Waals surface area contributed by atoms with Gasteiger partial charge in [-0.3, -0.25) is 4.79 Å². The number of hydrogen-bond acceptors (Lipinski definition) is 7. The monoisotopic (exact) mass is 320 g/mol. The van der Waals surface area contributed by atoms with Gasteiger partial charge in [0.05, 0.1) is 0 Å². The molecule has 0 N–H and O–H groups in total. The van der Waals surface area contributed by atoms with Gasteiger partial charge in [-0.15, -0.1) is 10.2 Å². The van der Waals surface area contributed by atoms with E-state index in [9.17, 15) is 4.79 Å². The number of nitrogens with zero attached hydrogens (tertiary/aromatic N) is 4. The Balaban J connectivity index is 1.37. The predicted molar refractivity (Wildman–Crippen MR) is 78.3 cm³/mol. The van der Waals surface area contributed by atoms with E-state index < -0.39 is 0 Å². The van der Waals surface area contributed by atoms with E-state index >= 15 is 0 Å². The average molecular weight is 320 g/mol. The smallest absolute Gasteiger partial charge is 0.311 e. The van der Waals surface area contributed by atoms with Crippen molar-refractivity contribution in [1.29, 1.82) is 0 Å². The van der Waals surface area contributed by atoms with Gasteiger partial charge in [0.15, 0.2) is 0 Å². The van der Waals surface area contributed by atoms with Gasteiger partial charge in [-0.25, -0.2) is 4.37 Å². The zero-order valence-corrected chi connectivity index (χ0v) is 12.8. The number of amides is 1. The van der Waals surface area contributed by atoms with Crippen LogP contribution in [0.5, 0.6) is 0 Å². The number of likely N-dealkylation sites (tertiary alicyclic amines) is 1. The predicted octanol–water partition coefficient (Wildman–Crippen LogP) is 1.69. The molecule has 0 aromatic carbocycles. The van der Waals surface area contributed by atoms with Crippen LogP contribution in [0, 0.1) is 11.8 Å². The third-order valence-electron chi connectivity index (χ3n) is 4.39. The number of carbonyl (C=O) groups is 1. The largest absolute Gasteiger partial charge is 0.411 e. The van der Waals surface area contributed by atoms with Crippen LogP contribution in [-0.2, 0) is 4.74 Å². The molecule has 2 aliphatic rings. The van der Waals surface area contributed by atoms with Gasteiger partial charge >= 0.3 is 11.8 Å². The molecule has 2 fully saturated rings. The first-order valence-electron chi connectivity index (χ1n) is 7.43. The van der Waals surface area contributed by atoms with E-state index in [0.29, 0.717) is 17.7 Å². The van der Waals surface area contributed by atoms with Gasteiger partial charge in [0.2, 0.25) is 0 Å². The summed E-state index contributed by atoms with van der Waals surface area (Å²) in [5.41, 5.74) is 0. The maximum Gasteiger partial charge on any atom is 0.311 e. The summed E-state index contributed by atoms with van der Waals surface area (Å²) in [5.74, 6) is 1.50. The Labute approximate surface area is 131 Å². The first-order valence-corrected chi connectivity index (χ1v) is 8.20. The molecular formula is C14H16N4O3S. The van der Waals surface area contributed by atoms with Crippen molar-refractivity contribution in [3.63, 3.8) is 0 Å². The van der Waals surface area contributed by atoms with Crippen LogP contribution in [0.4, 0.5) is 0 Å². The quantitative estimate of drug-likeness (QED) is 0.856. The van der Waals surface area contributed by atoms with Crippen molar-refractivity contribution in [3.8, 4) is 10.8 Å².